The van der Waals surface area contributed by atoms with E-state index < -0.39 is 5.60 Å². The molecule has 1 unspecified atom stereocenters. The monoisotopic (exact) mass is 253 g/mol. The van der Waals surface area contributed by atoms with Gasteiger partial charge in [-0.2, -0.15) is 0 Å². The second-order valence-corrected chi connectivity index (χ2v) is 4.63. The molecule has 0 aliphatic heterocycles. The van der Waals surface area contributed by atoms with E-state index in [4.69, 9.17) is 9.47 Å². The maximum atomic E-state index is 9.91. The van der Waals surface area contributed by atoms with Gasteiger partial charge in [0.05, 0.1) is 19.8 Å². The molecule has 0 heterocycles. The van der Waals surface area contributed by atoms with Crippen molar-refractivity contribution in [2.75, 3.05) is 20.8 Å². The van der Waals surface area contributed by atoms with Gasteiger partial charge in [0.1, 0.15) is 11.5 Å². The highest BCUT2D eigenvalue weighted by Gasteiger charge is 2.16. The van der Waals surface area contributed by atoms with E-state index in [2.05, 4.69) is 5.32 Å². The van der Waals surface area contributed by atoms with Gasteiger partial charge in [-0.25, -0.2) is 0 Å². The van der Waals surface area contributed by atoms with Crippen LogP contribution in [0.25, 0.3) is 0 Å². The summed E-state index contributed by atoms with van der Waals surface area (Å²) in [5.74, 6) is 1.62. The van der Waals surface area contributed by atoms with Crippen LogP contribution in [-0.2, 0) is 6.54 Å². The molecule has 0 fully saturated rings. The van der Waals surface area contributed by atoms with Crippen molar-refractivity contribution in [3.05, 3.63) is 23.8 Å². The van der Waals surface area contributed by atoms with E-state index in [1.807, 2.05) is 32.0 Å². The van der Waals surface area contributed by atoms with Gasteiger partial charge in [-0.3, -0.25) is 0 Å². The fraction of sp³-hybridized carbons (Fsp3) is 0.571. The van der Waals surface area contributed by atoms with Crippen molar-refractivity contribution in [3.63, 3.8) is 0 Å². The van der Waals surface area contributed by atoms with E-state index in [1.54, 1.807) is 14.2 Å². The molecule has 0 radical (unpaired) electrons. The topological polar surface area (TPSA) is 50.7 Å². The van der Waals surface area contributed by atoms with Crippen LogP contribution in [0, 0.1) is 0 Å². The molecule has 18 heavy (non-hydrogen) atoms. The Balaban J connectivity index is 2.65. The van der Waals surface area contributed by atoms with Crippen molar-refractivity contribution in [2.45, 2.75) is 32.4 Å². The fourth-order valence-electron chi connectivity index (χ4n) is 1.61. The van der Waals surface area contributed by atoms with Gasteiger partial charge in [-0.1, -0.05) is 6.92 Å². The zero-order chi connectivity index (χ0) is 13.6. The molecule has 0 spiro atoms. The van der Waals surface area contributed by atoms with Gasteiger partial charge in [-0.05, 0) is 31.5 Å². The van der Waals surface area contributed by atoms with Crippen LogP contribution in [-0.4, -0.2) is 31.5 Å². The number of methoxy groups -OCH3 is 2. The first kappa shape index (κ1) is 14.8. The lowest BCUT2D eigenvalue weighted by Gasteiger charge is -2.22. The SMILES string of the molecule is CCC(C)(O)CNCc1cc(OC)ccc1OC. The van der Waals surface area contributed by atoms with Gasteiger partial charge in [0.2, 0.25) is 0 Å². The molecule has 4 nitrogen and oxygen atoms in total. The van der Waals surface area contributed by atoms with Crippen molar-refractivity contribution < 1.29 is 14.6 Å². The molecular weight excluding hydrogens is 230 g/mol. The molecule has 1 atom stereocenters. The molecular formula is C14H23NO3. The van der Waals surface area contributed by atoms with Crippen molar-refractivity contribution in [3.8, 4) is 11.5 Å². The Labute approximate surface area is 109 Å². The molecule has 1 aromatic rings. The molecule has 0 saturated carbocycles. The molecule has 0 saturated heterocycles. The molecule has 0 bridgehead atoms. The number of ether oxygens (including phenoxy) is 2. The molecule has 1 aromatic carbocycles. The quantitative estimate of drug-likeness (QED) is 0.780. The Morgan fingerprint density at radius 2 is 2.00 bits per heavy atom. The Hall–Kier alpha value is -1.26. The van der Waals surface area contributed by atoms with Crippen LogP contribution in [0.3, 0.4) is 0 Å². The summed E-state index contributed by atoms with van der Waals surface area (Å²) < 4.78 is 10.5. The summed E-state index contributed by atoms with van der Waals surface area (Å²) in [4.78, 5) is 0. The summed E-state index contributed by atoms with van der Waals surface area (Å²) >= 11 is 0. The maximum absolute atomic E-state index is 9.91. The molecule has 0 aromatic heterocycles. The predicted molar refractivity (Wildman–Crippen MR) is 72.2 cm³/mol. The van der Waals surface area contributed by atoms with Crippen molar-refractivity contribution in [1.29, 1.82) is 0 Å². The van der Waals surface area contributed by atoms with E-state index in [0.29, 0.717) is 13.1 Å². The number of aliphatic hydroxyl groups is 1. The summed E-state index contributed by atoms with van der Waals surface area (Å²) in [5, 5.41) is 13.1. The molecule has 2 N–H and O–H groups in total. The zero-order valence-electron chi connectivity index (χ0n) is 11.6. The first-order valence-corrected chi connectivity index (χ1v) is 6.16. The van der Waals surface area contributed by atoms with Gasteiger partial charge >= 0.3 is 0 Å². The van der Waals surface area contributed by atoms with Crippen LogP contribution in [0.4, 0.5) is 0 Å². The van der Waals surface area contributed by atoms with E-state index in [-0.39, 0.29) is 0 Å². The smallest absolute Gasteiger partial charge is 0.123 e. The van der Waals surface area contributed by atoms with Crippen LogP contribution in [0.2, 0.25) is 0 Å². The molecule has 4 heteroatoms. The lowest BCUT2D eigenvalue weighted by atomic mass is 10.0. The first-order valence-electron chi connectivity index (χ1n) is 6.16. The van der Waals surface area contributed by atoms with Gasteiger partial charge < -0.3 is 19.9 Å². The normalized spacial score (nSPS) is 14.1. The standard InChI is InChI=1S/C14H23NO3/c1-5-14(2,16)10-15-9-11-8-12(17-3)6-7-13(11)18-4/h6-8,15-16H,5,9-10H2,1-4H3. The van der Waals surface area contributed by atoms with Gasteiger partial charge in [0.15, 0.2) is 0 Å². The van der Waals surface area contributed by atoms with Gasteiger partial charge in [-0.15, -0.1) is 0 Å². The Morgan fingerprint density at radius 1 is 1.28 bits per heavy atom. The summed E-state index contributed by atoms with van der Waals surface area (Å²) in [7, 11) is 3.29. The predicted octanol–water partition coefficient (Wildman–Crippen LogP) is 1.95. The Bertz CT molecular complexity index is 377. The summed E-state index contributed by atoms with van der Waals surface area (Å²) in [6, 6.07) is 5.69. The third-order valence-electron chi connectivity index (χ3n) is 3.07. The minimum Gasteiger partial charge on any atom is -0.497 e. The molecule has 1 rings (SSSR count). The second kappa shape index (κ2) is 6.61. The van der Waals surface area contributed by atoms with Gasteiger partial charge in [0.25, 0.3) is 0 Å². The largest absolute Gasteiger partial charge is 0.497 e. The second-order valence-electron chi connectivity index (χ2n) is 4.63. The average Bonchev–Trinajstić information content (AvgIpc) is 2.38. The molecule has 0 aliphatic carbocycles. The summed E-state index contributed by atoms with van der Waals surface area (Å²) in [6.45, 7) is 4.97. The summed E-state index contributed by atoms with van der Waals surface area (Å²) in [6.07, 6.45) is 0.718. The van der Waals surface area contributed by atoms with E-state index in [1.165, 1.54) is 0 Å². The minimum absolute atomic E-state index is 0.546. The van der Waals surface area contributed by atoms with E-state index >= 15 is 0 Å². The number of hydrogen-bond donors (Lipinski definition) is 2. The van der Waals surface area contributed by atoms with Crippen LogP contribution < -0.4 is 14.8 Å². The highest BCUT2D eigenvalue weighted by molar-refractivity contribution is 5.40. The first-order chi connectivity index (χ1) is 8.52. The van der Waals surface area contributed by atoms with E-state index in [0.717, 1.165) is 23.5 Å². The van der Waals surface area contributed by atoms with Crippen molar-refractivity contribution >= 4 is 0 Å². The average molecular weight is 253 g/mol. The molecule has 0 amide bonds. The molecule has 0 aliphatic rings. The van der Waals surface area contributed by atoms with Gasteiger partial charge in [0, 0.05) is 18.7 Å². The zero-order valence-corrected chi connectivity index (χ0v) is 11.6. The van der Waals surface area contributed by atoms with Crippen LogP contribution in [0.5, 0.6) is 11.5 Å². The van der Waals surface area contributed by atoms with E-state index in [9.17, 15) is 5.11 Å². The van der Waals surface area contributed by atoms with Crippen molar-refractivity contribution in [2.24, 2.45) is 0 Å². The Morgan fingerprint density at radius 3 is 2.56 bits per heavy atom. The van der Waals surface area contributed by atoms with Crippen LogP contribution >= 0.6 is 0 Å². The highest BCUT2D eigenvalue weighted by atomic mass is 16.5. The number of benzene rings is 1. The molecule has 102 valence electrons. The number of rotatable bonds is 7. The minimum atomic E-state index is -0.675. The van der Waals surface area contributed by atoms with Crippen LogP contribution in [0.15, 0.2) is 18.2 Å². The third-order valence-corrected chi connectivity index (χ3v) is 3.07. The van der Waals surface area contributed by atoms with Crippen LogP contribution in [0.1, 0.15) is 25.8 Å². The third kappa shape index (κ3) is 4.20. The van der Waals surface area contributed by atoms with Crippen molar-refractivity contribution in [1.82, 2.24) is 5.32 Å². The lowest BCUT2D eigenvalue weighted by Crippen LogP contribution is -2.36. The number of hydrogen-bond acceptors (Lipinski definition) is 4. The summed E-state index contributed by atoms with van der Waals surface area (Å²) in [5.41, 5.74) is 0.343. The lowest BCUT2D eigenvalue weighted by molar-refractivity contribution is 0.0555. The Kier molecular flexibility index (Phi) is 5.44. The fourth-order valence-corrected chi connectivity index (χ4v) is 1.61. The highest BCUT2D eigenvalue weighted by Crippen LogP contribution is 2.23. The maximum Gasteiger partial charge on any atom is 0.123 e. The number of nitrogens with one attached hydrogen (secondary N) is 1.